The lowest BCUT2D eigenvalue weighted by atomic mass is 9.89. The number of aromatic nitrogens is 3. The zero-order valence-corrected chi connectivity index (χ0v) is 16.3. The van der Waals surface area contributed by atoms with Crippen molar-refractivity contribution in [2.75, 3.05) is 6.54 Å². The molecule has 1 N–H and O–H groups in total. The first-order chi connectivity index (χ1) is 12.2. The van der Waals surface area contributed by atoms with Crippen LogP contribution < -0.4 is 5.32 Å². The third-order valence-corrected chi connectivity index (χ3v) is 6.73. The van der Waals surface area contributed by atoms with Gasteiger partial charge in [0.25, 0.3) is 0 Å². The summed E-state index contributed by atoms with van der Waals surface area (Å²) in [7, 11) is 0. The average Bonchev–Trinajstić information content (AvgIpc) is 3.30. The average molecular weight is 379 g/mol. The topological polar surface area (TPSA) is 59.8 Å². The van der Waals surface area contributed by atoms with Crippen molar-refractivity contribution in [2.45, 2.75) is 62.4 Å². The van der Waals surface area contributed by atoms with Gasteiger partial charge in [0.15, 0.2) is 5.16 Å². The van der Waals surface area contributed by atoms with Gasteiger partial charge < -0.3 is 9.88 Å². The van der Waals surface area contributed by atoms with Gasteiger partial charge in [0, 0.05) is 18.0 Å². The summed E-state index contributed by atoms with van der Waals surface area (Å²) in [4.78, 5) is 13.7. The Kier molecular flexibility index (Phi) is 6.93. The predicted molar refractivity (Wildman–Crippen MR) is 103 cm³/mol. The highest BCUT2D eigenvalue weighted by Crippen LogP contribution is 2.24. The third-order valence-electron chi connectivity index (χ3n) is 4.70. The molecule has 1 atom stereocenters. The van der Waals surface area contributed by atoms with Gasteiger partial charge in [0.05, 0.1) is 5.25 Å². The number of thioether (sulfide) groups is 1. The molecule has 5 nitrogen and oxygen atoms in total. The second-order valence-electron chi connectivity index (χ2n) is 6.65. The third kappa shape index (κ3) is 5.57. The van der Waals surface area contributed by atoms with Crippen molar-refractivity contribution < 1.29 is 4.79 Å². The minimum Gasteiger partial charge on any atom is -0.355 e. The molecule has 1 saturated carbocycles. The number of rotatable bonds is 8. The fourth-order valence-corrected chi connectivity index (χ4v) is 4.74. The van der Waals surface area contributed by atoms with Gasteiger partial charge in [0.2, 0.25) is 5.91 Å². The Balaban J connectivity index is 1.46. The molecule has 7 heteroatoms. The summed E-state index contributed by atoms with van der Waals surface area (Å²) in [6, 6.07) is 4.21. The molecule has 136 valence electrons. The van der Waals surface area contributed by atoms with E-state index in [9.17, 15) is 4.79 Å². The smallest absolute Gasteiger partial charge is 0.233 e. The largest absolute Gasteiger partial charge is 0.355 e. The Hall–Kier alpha value is -1.34. The van der Waals surface area contributed by atoms with E-state index in [1.165, 1.54) is 48.7 Å². The van der Waals surface area contributed by atoms with Gasteiger partial charge in [-0.3, -0.25) is 4.79 Å². The molecule has 0 spiro atoms. The maximum atomic E-state index is 12.4. The summed E-state index contributed by atoms with van der Waals surface area (Å²) in [6.07, 6.45) is 9.17. The van der Waals surface area contributed by atoms with Gasteiger partial charge in [-0.2, -0.15) is 0 Å². The molecular formula is C18H26N4OS2. The molecule has 0 bridgehead atoms. The molecule has 1 unspecified atom stereocenters. The number of thiophene rings is 1. The summed E-state index contributed by atoms with van der Waals surface area (Å²) in [6.45, 7) is 3.60. The number of amides is 1. The minimum absolute atomic E-state index is 0.100. The Morgan fingerprint density at radius 2 is 2.28 bits per heavy atom. The van der Waals surface area contributed by atoms with Crippen LogP contribution in [-0.4, -0.2) is 32.5 Å². The van der Waals surface area contributed by atoms with Crippen LogP contribution in [0.3, 0.4) is 0 Å². The van der Waals surface area contributed by atoms with Gasteiger partial charge in [-0.25, -0.2) is 0 Å². The van der Waals surface area contributed by atoms with E-state index in [4.69, 9.17) is 0 Å². The van der Waals surface area contributed by atoms with Crippen molar-refractivity contribution in [3.63, 3.8) is 0 Å². The molecule has 1 amide bonds. The van der Waals surface area contributed by atoms with Crippen molar-refractivity contribution in [3.05, 3.63) is 28.7 Å². The summed E-state index contributed by atoms with van der Waals surface area (Å²) in [5, 5.41) is 14.1. The van der Waals surface area contributed by atoms with Gasteiger partial charge in [0.1, 0.15) is 6.33 Å². The summed E-state index contributed by atoms with van der Waals surface area (Å²) in [5.74, 6) is 0.757. The van der Waals surface area contributed by atoms with Crippen LogP contribution in [0.4, 0.5) is 0 Å². The second-order valence-corrected chi connectivity index (χ2v) is 8.99. The summed E-state index contributed by atoms with van der Waals surface area (Å²) in [5.41, 5.74) is 0. The number of aryl methyl sites for hydroxylation is 2. The maximum Gasteiger partial charge on any atom is 0.233 e. The van der Waals surface area contributed by atoms with Crippen LogP contribution in [-0.2, 0) is 17.8 Å². The lowest BCUT2D eigenvalue weighted by molar-refractivity contribution is -0.120. The lowest BCUT2D eigenvalue weighted by Crippen LogP contribution is -2.35. The molecular weight excluding hydrogens is 352 g/mol. The standard InChI is InChI=1S/C18H26N4OS2/c1-14(17(23)19-12-15-6-3-2-4-7-15)25-18-21-20-13-22(18)10-9-16-8-5-11-24-16/h5,8,11,13-15H,2-4,6-7,9-10,12H2,1H3,(H,19,23). The molecule has 2 aromatic heterocycles. The molecule has 25 heavy (non-hydrogen) atoms. The van der Waals surface area contributed by atoms with Crippen LogP contribution >= 0.6 is 23.1 Å². The zero-order chi connectivity index (χ0) is 17.5. The highest BCUT2D eigenvalue weighted by Gasteiger charge is 2.20. The normalized spacial score (nSPS) is 16.7. The highest BCUT2D eigenvalue weighted by molar-refractivity contribution is 8.00. The first-order valence-electron chi connectivity index (χ1n) is 9.07. The van der Waals surface area contributed by atoms with E-state index in [-0.39, 0.29) is 11.2 Å². The van der Waals surface area contributed by atoms with Crippen LogP contribution in [0.1, 0.15) is 43.9 Å². The predicted octanol–water partition coefficient (Wildman–Crippen LogP) is 3.76. The Bertz CT molecular complexity index is 650. The Morgan fingerprint density at radius 3 is 3.04 bits per heavy atom. The van der Waals surface area contributed by atoms with E-state index >= 15 is 0 Å². The molecule has 1 aliphatic carbocycles. The van der Waals surface area contributed by atoms with Gasteiger partial charge in [-0.15, -0.1) is 21.5 Å². The number of carbonyl (C=O) groups is 1. The van der Waals surface area contributed by atoms with Crippen LogP contribution in [0.5, 0.6) is 0 Å². The Labute approximate surface area is 157 Å². The van der Waals surface area contributed by atoms with Gasteiger partial charge in [-0.1, -0.05) is 37.1 Å². The monoisotopic (exact) mass is 378 g/mol. The van der Waals surface area contributed by atoms with Crippen molar-refractivity contribution in [3.8, 4) is 0 Å². The van der Waals surface area contributed by atoms with Crippen molar-refractivity contribution in [1.82, 2.24) is 20.1 Å². The van der Waals surface area contributed by atoms with E-state index in [1.807, 2.05) is 11.5 Å². The molecule has 0 saturated heterocycles. The molecule has 3 rings (SSSR count). The number of nitrogens with one attached hydrogen (secondary N) is 1. The molecule has 2 heterocycles. The van der Waals surface area contributed by atoms with Crippen LogP contribution in [0.2, 0.25) is 0 Å². The highest BCUT2D eigenvalue weighted by atomic mass is 32.2. The van der Waals surface area contributed by atoms with Crippen molar-refractivity contribution in [1.29, 1.82) is 0 Å². The molecule has 1 fully saturated rings. The van der Waals surface area contributed by atoms with Crippen LogP contribution in [0, 0.1) is 5.92 Å². The maximum absolute atomic E-state index is 12.4. The van der Waals surface area contributed by atoms with E-state index in [2.05, 4.69) is 33.0 Å². The molecule has 0 radical (unpaired) electrons. The summed E-state index contributed by atoms with van der Waals surface area (Å²) < 4.78 is 2.04. The number of hydrogen-bond acceptors (Lipinski definition) is 5. The molecule has 0 aromatic carbocycles. The van der Waals surface area contributed by atoms with Crippen molar-refractivity contribution >= 4 is 29.0 Å². The molecule has 2 aromatic rings. The fraction of sp³-hybridized carbons (Fsp3) is 0.611. The zero-order valence-electron chi connectivity index (χ0n) is 14.7. The quantitative estimate of drug-likeness (QED) is 0.711. The number of nitrogens with zero attached hydrogens (tertiary/aromatic N) is 3. The lowest BCUT2D eigenvalue weighted by Gasteiger charge is -2.22. The first-order valence-corrected chi connectivity index (χ1v) is 10.8. The van der Waals surface area contributed by atoms with E-state index in [0.29, 0.717) is 5.92 Å². The van der Waals surface area contributed by atoms with Crippen LogP contribution in [0.15, 0.2) is 29.0 Å². The van der Waals surface area contributed by atoms with Gasteiger partial charge in [-0.05, 0) is 43.6 Å². The Morgan fingerprint density at radius 1 is 1.44 bits per heavy atom. The SMILES string of the molecule is CC(Sc1nncn1CCc1cccs1)C(=O)NCC1CCCCC1. The molecule has 1 aliphatic rings. The van der Waals surface area contributed by atoms with E-state index < -0.39 is 0 Å². The first kappa shape index (κ1) is 18.5. The van der Waals surface area contributed by atoms with E-state index in [0.717, 1.165) is 24.7 Å². The minimum atomic E-state index is -0.159. The van der Waals surface area contributed by atoms with Crippen LogP contribution in [0.25, 0.3) is 0 Å². The summed E-state index contributed by atoms with van der Waals surface area (Å²) >= 11 is 3.25. The molecule has 0 aliphatic heterocycles. The number of carbonyl (C=O) groups excluding carboxylic acids is 1. The van der Waals surface area contributed by atoms with Gasteiger partial charge >= 0.3 is 0 Å². The fourth-order valence-electron chi connectivity index (χ4n) is 3.17. The van der Waals surface area contributed by atoms with Crippen molar-refractivity contribution in [2.24, 2.45) is 5.92 Å². The second kappa shape index (κ2) is 9.38. The van der Waals surface area contributed by atoms with E-state index in [1.54, 1.807) is 17.7 Å². The number of hydrogen-bond donors (Lipinski definition) is 1.